The molecule has 2 rings (SSSR count). The summed E-state index contributed by atoms with van der Waals surface area (Å²) >= 11 is 0. The molecule has 1 amide bonds. The third-order valence-corrected chi connectivity index (χ3v) is 2.61. The van der Waals surface area contributed by atoms with Crippen molar-refractivity contribution in [3.8, 4) is 0 Å². The van der Waals surface area contributed by atoms with Crippen molar-refractivity contribution in [1.82, 2.24) is 15.5 Å². The SMILES string of the molecule is [B]c1cccc2c(N)c(C(=O)NCCC)nnc12. The zero-order chi connectivity index (χ0) is 13.1. The molecule has 18 heavy (non-hydrogen) atoms. The molecule has 0 aliphatic carbocycles. The molecule has 0 aliphatic rings. The summed E-state index contributed by atoms with van der Waals surface area (Å²) in [6.45, 7) is 2.55. The van der Waals surface area contributed by atoms with Gasteiger partial charge in [0.15, 0.2) is 5.69 Å². The minimum atomic E-state index is -0.314. The molecular formula is C12H13BN4O. The second-order valence-electron chi connectivity index (χ2n) is 3.96. The number of nitrogens with zero attached hydrogens (tertiary/aromatic N) is 2. The van der Waals surface area contributed by atoms with Gasteiger partial charge in [0.25, 0.3) is 5.91 Å². The fourth-order valence-electron chi connectivity index (χ4n) is 1.66. The van der Waals surface area contributed by atoms with E-state index in [0.717, 1.165) is 6.42 Å². The molecule has 1 aromatic heterocycles. The van der Waals surface area contributed by atoms with Crippen molar-refractivity contribution in [1.29, 1.82) is 0 Å². The van der Waals surface area contributed by atoms with Gasteiger partial charge in [-0.3, -0.25) is 4.79 Å². The zero-order valence-electron chi connectivity index (χ0n) is 10.1. The number of fused-ring (bicyclic) bond motifs is 1. The molecule has 0 atom stereocenters. The van der Waals surface area contributed by atoms with Gasteiger partial charge in [-0.05, 0) is 6.42 Å². The maximum absolute atomic E-state index is 11.8. The first-order chi connectivity index (χ1) is 8.65. The van der Waals surface area contributed by atoms with Crippen LogP contribution in [-0.2, 0) is 0 Å². The Morgan fingerprint density at radius 1 is 1.44 bits per heavy atom. The van der Waals surface area contributed by atoms with Gasteiger partial charge >= 0.3 is 0 Å². The van der Waals surface area contributed by atoms with Crippen molar-refractivity contribution < 1.29 is 4.79 Å². The number of hydrogen-bond acceptors (Lipinski definition) is 4. The Kier molecular flexibility index (Phi) is 3.46. The molecule has 5 nitrogen and oxygen atoms in total. The maximum atomic E-state index is 11.8. The van der Waals surface area contributed by atoms with Crippen LogP contribution in [0.2, 0.25) is 0 Å². The van der Waals surface area contributed by atoms with Crippen molar-refractivity contribution >= 4 is 35.8 Å². The molecule has 0 saturated carbocycles. The zero-order valence-corrected chi connectivity index (χ0v) is 10.1. The Morgan fingerprint density at radius 2 is 2.22 bits per heavy atom. The van der Waals surface area contributed by atoms with Crippen LogP contribution in [0.1, 0.15) is 23.8 Å². The first-order valence-corrected chi connectivity index (χ1v) is 5.73. The highest BCUT2D eigenvalue weighted by atomic mass is 16.1. The average Bonchev–Trinajstić information content (AvgIpc) is 2.37. The Bertz CT molecular complexity index is 600. The molecule has 90 valence electrons. The van der Waals surface area contributed by atoms with Crippen molar-refractivity contribution in [2.24, 2.45) is 0 Å². The van der Waals surface area contributed by atoms with Crippen LogP contribution >= 0.6 is 0 Å². The van der Waals surface area contributed by atoms with Crippen LogP contribution in [-0.4, -0.2) is 30.5 Å². The quantitative estimate of drug-likeness (QED) is 0.748. The second-order valence-corrected chi connectivity index (χ2v) is 3.96. The van der Waals surface area contributed by atoms with E-state index in [9.17, 15) is 4.79 Å². The number of anilines is 1. The summed E-state index contributed by atoms with van der Waals surface area (Å²) in [6, 6.07) is 5.25. The van der Waals surface area contributed by atoms with Gasteiger partial charge in [-0.15, -0.1) is 5.10 Å². The first-order valence-electron chi connectivity index (χ1n) is 5.73. The van der Waals surface area contributed by atoms with Gasteiger partial charge in [-0.1, -0.05) is 30.6 Å². The van der Waals surface area contributed by atoms with E-state index in [1.807, 2.05) is 6.92 Å². The fourth-order valence-corrected chi connectivity index (χ4v) is 1.66. The minimum Gasteiger partial charge on any atom is -0.396 e. The summed E-state index contributed by atoms with van der Waals surface area (Å²) in [5, 5.41) is 11.2. The third-order valence-electron chi connectivity index (χ3n) is 2.61. The van der Waals surface area contributed by atoms with E-state index in [1.165, 1.54) is 0 Å². The van der Waals surface area contributed by atoms with Gasteiger partial charge in [0.2, 0.25) is 0 Å². The molecule has 0 unspecified atom stereocenters. The number of nitrogens with two attached hydrogens (primary N) is 1. The van der Waals surface area contributed by atoms with Gasteiger partial charge < -0.3 is 11.1 Å². The van der Waals surface area contributed by atoms with E-state index in [0.29, 0.717) is 28.6 Å². The van der Waals surface area contributed by atoms with Crippen molar-refractivity contribution in [3.63, 3.8) is 0 Å². The number of nitrogen functional groups attached to an aromatic ring is 1. The summed E-state index contributed by atoms with van der Waals surface area (Å²) < 4.78 is 0. The summed E-state index contributed by atoms with van der Waals surface area (Å²) in [4.78, 5) is 11.8. The average molecular weight is 240 g/mol. The number of aromatic nitrogens is 2. The van der Waals surface area contributed by atoms with Gasteiger partial charge in [0, 0.05) is 11.9 Å². The van der Waals surface area contributed by atoms with Gasteiger partial charge in [0.1, 0.15) is 7.85 Å². The number of carbonyl (C=O) groups is 1. The predicted molar refractivity (Wildman–Crippen MR) is 72.0 cm³/mol. The fraction of sp³-hybridized carbons (Fsp3) is 0.250. The smallest absolute Gasteiger partial charge is 0.273 e. The molecule has 2 aromatic rings. The van der Waals surface area contributed by atoms with Gasteiger partial charge in [-0.25, -0.2) is 0 Å². The number of benzene rings is 1. The van der Waals surface area contributed by atoms with Gasteiger partial charge in [0.05, 0.1) is 11.2 Å². The molecule has 0 fully saturated rings. The highest BCUT2D eigenvalue weighted by Gasteiger charge is 2.15. The number of carbonyl (C=O) groups excluding carboxylic acids is 1. The number of hydrogen-bond donors (Lipinski definition) is 2. The van der Waals surface area contributed by atoms with Crippen LogP contribution in [0.25, 0.3) is 10.9 Å². The maximum Gasteiger partial charge on any atom is 0.273 e. The number of amides is 1. The molecular weight excluding hydrogens is 227 g/mol. The van der Waals surface area contributed by atoms with Crippen LogP contribution in [0.3, 0.4) is 0 Å². The number of nitrogens with one attached hydrogen (secondary N) is 1. The van der Waals surface area contributed by atoms with E-state index in [2.05, 4.69) is 15.5 Å². The Labute approximate surface area is 106 Å². The largest absolute Gasteiger partial charge is 0.396 e. The molecule has 0 spiro atoms. The molecule has 0 aliphatic heterocycles. The molecule has 3 N–H and O–H groups in total. The van der Waals surface area contributed by atoms with Crippen LogP contribution < -0.4 is 16.5 Å². The topological polar surface area (TPSA) is 80.9 Å². The normalized spacial score (nSPS) is 10.5. The standard InChI is InChI=1S/C12H13BN4O/c1-2-6-15-12(18)11-9(14)7-4-3-5-8(13)10(7)16-17-11/h3-5H,2,6H2,1H3,(H2,14,16)(H,15,18). The lowest BCUT2D eigenvalue weighted by molar-refractivity contribution is 0.0949. The van der Waals surface area contributed by atoms with E-state index < -0.39 is 0 Å². The molecule has 0 bridgehead atoms. The molecule has 1 aromatic carbocycles. The van der Waals surface area contributed by atoms with Crippen molar-refractivity contribution in [2.45, 2.75) is 13.3 Å². The lowest BCUT2D eigenvalue weighted by Crippen LogP contribution is -2.26. The Balaban J connectivity index is 2.48. The molecule has 6 heteroatoms. The van der Waals surface area contributed by atoms with E-state index in [1.54, 1.807) is 18.2 Å². The minimum absolute atomic E-state index is 0.140. The number of rotatable bonds is 3. The summed E-state index contributed by atoms with van der Waals surface area (Å²) in [6.07, 6.45) is 0.847. The van der Waals surface area contributed by atoms with Gasteiger partial charge in [-0.2, -0.15) is 5.10 Å². The third kappa shape index (κ3) is 2.14. The van der Waals surface area contributed by atoms with Crippen molar-refractivity contribution in [2.75, 3.05) is 12.3 Å². The lowest BCUT2D eigenvalue weighted by Gasteiger charge is -2.08. The Hall–Kier alpha value is -2.11. The van der Waals surface area contributed by atoms with E-state index >= 15 is 0 Å². The van der Waals surface area contributed by atoms with Crippen molar-refractivity contribution in [3.05, 3.63) is 23.9 Å². The summed E-state index contributed by atoms with van der Waals surface area (Å²) in [7, 11) is 5.77. The second kappa shape index (κ2) is 5.04. The van der Waals surface area contributed by atoms with E-state index in [-0.39, 0.29) is 11.6 Å². The van der Waals surface area contributed by atoms with E-state index in [4.69, 9.17) is 13.6 Å². The summed E-state index contributed by atoms with van der Waals surface area (Å²) in [5.41, 5.74) is 7.40. The molecule has 1 heterocycles. The van der Waals surface area contributed by atoms with Crippen LogP contribution in [0.4, 0.5) is 5.69 Å². The predicted octanol–water partition coefficient (Wildman–Crippen LogP) is 0.146. The monoisotopic (exact) mass is 240 g/mol. The Morgan fingerprint density at radius 3 is 2.94 bits per heavy atom. The molecule has 2 radical (unpaired) electrons. The highest BCUT2D eigenvalue weighted by Crippen LogP contribution is 2.19. The first kappa shape index (κ1) is 12.4. The van der Waals surface area contributed by atoms with Crippen LogP contribution in [0.5, 0.6) is 0 Å². The van der Waals surface area contributed by atoms with Crippen LogP contribution in [0, 0.1) is 0 Å². The molecule has 0 saturated heterocycles. The van der Waals surface area contributed by atoms with Crippen LogP contribution in [0.15, 0.2) is 18.2 Å². The highest BCUT2D eigenvalue weighted by molar-refractivity contribution is 6.38. The summed E-state index contributed by atoms with van der Waals surface area (Å²) in [5.74, 6) is -0.314. The lowest BCUT2D eigenvalue weighted by atomic mass is 9.93.